The molecule has 0 spiro atoms. The average molecular weight is 308 g/mol. The van der Waals surface area contributed by atoms with Gasteiger partial charge in [0, 0.05) is 13.2 Å². The fourth-order valence-corrected chi connectivity index (χ4v) is 2.99. The second-order valence-corrected chi connectivity index (χ2v) is 5.80. The molecular weight excluding hydrogens is 280 g/mol. The van der Waals surface area contributed by atoms with E-state index in [0.29, 0.717) is 19.6 Å². The van der Waals surface area contributed by atoms with Crippen molar-refractivity contribution in [2.45, 2.75) is 52.2 Å². The van der Waals surface area contributed by atoms with Crippen LogP contribution < -0.4 is 5.32 Å². The Labute approximate surface area is 133 Å². The van der Waals surface area contributed by atoms with Gasteiger partial charge < -0.3 is 14.5 Å². The van der Waals surface area contributed by atoms with Crippen molar-refractivity contribution in [3.8, 4) is 0 Å². The molecule has 0 aliphatic carbocycles. The Hall–Kier alpha value is -1.33. The Morgan fingerprint density at radius 3 is 2.64 bits per heavy atom. The molecule has 22 heavy (non-hydrogen) atoms. The Balaban J connectivity index is 1.99. The van der Waals surface area contributed by atoms with Gasteiger partial charge in [-0.1, -0.05) is 6.92 Å². The van der Waals surface area contributed by atoms with Gasteiger partial charge in [-0.15, -0.1) is 0 Å². The van der Waals surface area contributed by atoms with E-state index < -0.39 is 0 Å². The molecule has 0 unspecified atom stereocenters. The summed E-state index contributed by atoms with van der Waals surface area (Å²) >= 11 is 0. The molecule has 2 rings (SSSR count). The van der Waals surface area contributed by atoms with Crippen LogP contribution in [-0.2, 0) is 9.53 Å². The second kappa shape index (κ2) is 8.34. The Morgan fingerprint density at radius 1 is 1.36 bits per heavy atom. The van der Waals surface area contributed by atoms with Crippen LogP contribution in [0, 0.1) is 6.92 Å². The van der Waals surface area contributed by atoms with Gasteiger partial charge in [0.15, 0.2) is 0 Å². The molecule has 5 heteroatoms. The number of nitrogens with one attached hydrogen (secondary N) is 1. The second-order valence-electron chi connectivity index (χ2n) is 5.80. The van der Waals surface area contributed by atoms with E-state index in [2.05, 4.69) is 10.2 Å². The summed E-state index contributed by atoms with van der Waals surface area (Å²) in [6.45, 7) is 9.06. The third-order valence-corrected chi connectivity index (χ3v) is 4.17. The predicted octanol–water partition coefficient (Wildman–Crippen LogP) is 2.66. The molecule has 2 atom stereocenters. The predicted molar refractivity (Wildman–Crippen MR) is 85.7 cm³/mol. The standard InChI is InChI=1S/C17H28N2O3/c1-4-15(21-5-2)17(20)18-12-14(19-10-6-7-11-19)16-9-8-13(3)22-16/h8-9,14-15H,4-7,10-12H2,1-3H3,(H,18,20)/t14-,15-/m1/s1. The monoisotopic (exact) mass is 308 g/mol. The highest BCUT2D eigenvalue weighted by Crippen LogP contribution is 2.26. The molecule has 0 radical (unpaired) electrons. The van der Waals surface area contributed by atoms with Gasteiger partial charge in [0.25, 0.3) is 0 Å². The van der Waals surface area contributed by atoms with Gasteiger partial charge in [-0.3, -0.25) is 9.69 Å². The first-order valence-corrected chi connectivity index (χ1v) is 8.35. The summed E-state index contributed by atoms with van der Waals surface area (Å²) in [6.07, 6.45) is 2.75. The maximum atomic E-state index is 12.2. The number of ether oxygens (including phenoxy) is 1. The number of carbonyl (C=O) groups is 1. The Bertz CT molecular complexity index is 466. The molecule has 2 heterocycles. The molecule has 1 fully saturated rings. The zero-order valence-corrected chi connectivity index (χ0v) is 13.9. The van der Waals surface area contributed by atoms with Gasteiger partial charge >= 0.3 is 0 Å². The third-order valence-electron chi connectivity index (χ3n) is 4.17. The number of hydrogen-bond donors (Lipinski definition) is 1. The summed E-state index contributed by atoms with van der Waals surface area (Å²) in [6, 6.07) is 4.11. The first-order chi connectivity index (χ1) is 10.7. The van der Waals surface area contributed by atoms with Crippen LogP contribution in [0.2, 0.25) is 0 Å². The van der Waals surface area contributed by atoms with Crippen molar-refractivity contribution in [1.82, 2.24) is 10.2 Å². The normalized spacial score (nSPS) is 18.3. The van der Waals surface area contributed by atoms with Crippen molar-refractivity contribution in [2.24, 2.45) is 0 Å². The molecule has 0 bridgehead atoms. The molecule has 5 nitrogen and oxygen atoms in total. The van der Waals surface area contributed by atoms with Crippen molar-refractivity contribution in [2.75, 3.05) is 26.2 Å². The highest BCUT2D eigenvalue weighted by Gasteiger charge is 2.27. The molecule has 1 amide bonds. The lowest BCUT2D eigenvalue weighted by Gasteiger charge is -2.26. The third kappa shape index (κ3) is 4.34. The number of aryl methyl sites for hydroxylation is 1. The van der Waals surface area contributed by atoms with Gasteiger partial charge in [-0.2, -0.15) is 0 Å². The fraction of sp³-hybridized carbons (Fsp3) is 0.706. The summed E-state index contributed by atoms with van der Waals surface area (Å²) in [5.41, 5.74) is 0. The van der Waals surface area contributed by atoms with Crippen LogP contribution in [0.3, 0.4) is 0 Å². The minimum Gasteiger partial charge on any atom is -0.465 e. The number of likely N-dealkylation sites (tertiary alicyclic amines) is 1. The molecule has 1 aromatic rings. The quantitative estimate of drug-likeness (QED) is 0.802. The van der Waals surface area contributed by atoms with Crippen molar-refractivity contribution in [3.05, 3.63) is 23.7 Å². The van der Waals surface area contributed by atoms with E-state index >= 15 is 0 Å². The van der Waals surface area contributed by atoms with Crippen LogP contribution in [0.15, 0.2) is 16.5 Å². The lowest BCUT2D eigenvalue weighted by Crippen LogP contribution is -2.41. The van der Waals surface area contributed by atoms with Gasteiger partial charge in [0.2, 0.25) is 5.91 Å². The number of nitrogens with zero attached hydrogens (tertiary/aromatic N) is 1. The van der Waals surface area contributed by atoms with Crippen LogP contribution in [0.4, 0.5) is 0 Å². The summed E-state index contributed by atoms with van der Waals surface area (Å²) in [7, 11) is 0. The van der Waals surface area contributed by atoms with Crippen molar-refractivity contribution >= 4 is 5.91 Å². The number of amides is 1. The van der Waals surface area contributed by atoms with E-state index in [9.17, 15) is 4.79 Å². The van der Waals surface area contributed by atoms with E-state index in [0.717, 1.165) is 24.6 Å². The first-order valence-electron chi connectivity index (χ1n) is 8.35. The molecule has 0 aromatic carbocycles. The lowest BCUT2D eigenvalue weighted by atomic mass is 10.2. The summed E-state index contributed by atoms with van der Waals surface area (Å²) in [5, 5.41) is 3.04. The minimum atomic E-state index is -0.359. The summed E-state index contributed by atoms with van der Waals surface area (Å²) in [4.78, 5) is 14.6. The zero-order chi connectivity index (χ0) is 15.9. The SMILES string of the molecule is CCO[C@H](CC)C(=O)NC[C@H](c1ccc(C)o1)N1CCCC1. The van der Waals surface area contributed by atoms with E-state index in [1.54, 1.807) is 0 Å². The van der Waals surface area contributed by atoms with Gasteiger partial charge in [-0.25, -0.2) is 0 Å². The number of hydrogen-bond acceptors (Lipinski definition) is 4. The smallest absolute Gasteiger partial charge is 0.249 e. The van der Waals surface area contributed by atoms with Crippen LogP contribution in [0.1, 0.15) is 50.7 Å². The minimum absolute atomic E-state index is 0.0307. The molecular formula is C17H28N2O3. The Morgan fingerprint density at radius 2 is 2.09 bits per heavy atom. The van der Waals surface area contributed by atoms with Crippen molar-refractivity contribution in [1.29, 1.82) is 0 Å². The molecule has 0 saturated carbocycles. The molecule has 1 aromatic heterocycles. The summed E-state index contributed by atoms with van der Waals surface area (Å²) in [5.74, 6) is 1.81. The Kier molecular flexibility index (Phi) is 6.46. The molecule has 1 saturated heterocycles. The van der Waals surface area contributed by atoms with Crippen LogP contribution in [0.25, 0.3) is 0 Å². The van der Waals surface area contributed by atoms with Gasteiger partial charge in [0.05, 0.1) is 6.04 Å². The topological polar surface area (TPSA) is 54.7 Å². The van der Waals surface area contributed by atoms with E-state index in [-0.39, 0.29) is 18.1 Å². The number of furan rings is 1. The van der Waals surface area contributed by atoms with Gasteiger partial charge in [0.1, 0.15) is 17.6 Å². The lowest BCUT2D eigenvalue weighted by molar-refractivity contribution is -0.133. The summed E-state index contributed by atoms with van der Waals surface area (Å²) < 4.78 is 11.3. The molecule has 124 valence electrons. The molecule has 1 N–H and O–H groups in total. The maximum Gasteiger partial charge on any atom is 0.249 e. The van der Waals surface area contributed by atoms with Crippen LogP contribution in [-0.4, -0.2) is 43.2 Å². The molecule has 1 aliphatic rings. The van der Waals surface area contributed by atoms with Crippen LogP contribution >= 0.6 is 0 Å². The van der Waals surface area contributed by atoms with E-state index in [1.165, 1.54) is 12.8 Å². The fourth-order valence-electron chi connectivity index (χ4n) is 2.99. The van der Waals surface area contributed by atoms with E-state index in [4.69, 9.17) is 9.15 Å². The highest BCUT2D eigenvalue weighted by atomic mass is 16.5. The number of rotatable bonds is 8. The molecule has 1 aliphatic heterocycles. The van der Waals surface area contributed by atoms with Crippen molar-refractivity contribution < 1.29 is 13.9 Å². The van der Waals surface area contributed by atoms with Crippen molar-refractivity contribution in [3.63, 3.8) is 0 Å². The largest absolute Gasteiger partial charge is 0.465 e. The zero-order valence-electron chi connectivity index (χ0n) is 13.9. The average Bonchev–Trinajstić information content (AvgIpc) is 3.17. The highest BCUT2D eigenvalue weighted by molar-refractivity contribution is 5.80. The van der Waals surface area contributed by atoms with E-state index in [1.807, 2.05) is 32.9 Å². The van der Waals surface area contributed by atoms with Gasteiger partial charge in [-0.05, 0) is 58.3 Å². The first kappa shape index (κ1) is 17.0. The van der Waals surface area contributed by atoms with Crippen LogP contribution in [0.5, 0.6) is 0 Å². The number of carbonyl (C=O) groups excluding carboxylic acids is 1. The maximum absolute atomic E-state index is 12.2.